The molecule has 1 heterocycles. The van der Waals surface area contributed by atoms with Crippen molar-refractivity contribution in [2.75, 3.05) is 0 Å². The summed E-state index contributed by atoms with van der Waals surface area (Å²) < 4.78 is 7.08. The predicted molar refractivity (Wildman–Crippen MR) is 72.1 cm³/mol. The normalized spacial score (nSPS) is 10.3. The van der Waals surface area contributed by atoms with Gasteiger partial charge in [-0.25, -0.2) is 4.68 Å². The van der Waals surface area contributed by atoms with Crippen LogP contribution in [0.25, 0.3) is 0 Å². The van der Waals surface area contributed by atoms with E-state index in [1.165, 1.54) is 28.9 Å². The predicted octanol–water partition coefficient (Wildman–Crippen LogP) is 1.71. The Balaban J connectivity index is 2.35. The van der Waals surface area contributed by atoms with Crippen molar-refractivity contribution in [3.8, 4) is 11.6 Å². The molecule has 0 aliphatic heterocycles. The Bertz CT molecular complexity index is 675. The zero-order valence-electron chi connectivity index (χ0n) is 11.0. The molecule has 0 radical (unpaired) electrons. The number of nitro benzene ring substituents is 1. The fourth-order valence-corrected chi connectivity index (χ4v) is 1.81. The van der Waals surface area contributed by atoms with Gasteiger partial charge in [0.15, 0.2) is 0 Å². The van der Waals surface area contributed by atoms with Crippen LogP contribution in [0.1, 0.15) is 11.3 Å². The molecule has 1 aromatic heterocycles. The number of nitrogens with one attached hydrogen (secondary N) is 1. The van der Waals surface area contributed by atoms with Crippen molar-refractivity contribution in [1.82, 2.24) is 9.78 Å². The number of aromatic nitrogens is 2. The molecule has 8 heteroatoms. The number of nitrogens with zero attached hydrogens (tertiary/aromatic N) is 3. The van der Waals surface area contributed by atoms with Crippen LogP contribution in [0.3, 0.4) is 0 Å². The van der Waals surface area contributed by atoms with Gasteiger partial charge in [0.1, 0.15) is 17.1 Å². The molecule has 0 amide bonds. The van der Waals surface area contributed by atoms with Crippen molar-refractivity contribution in [2.24, 2.45) is 12.8 Å². The maximum absolute atomic E-state index is 10.6. The topological polar surface area (TPSA) is 120 Å². The minimum atomic E-state index is -0.487. The van der Waals surface area contributed by atoms with Gasteiger partial charge in [0.25, 0.3) is 5.69 Å². The number of hydrogen-bond donors (Lipinski definition) is 2. The summed E-state index contributed by atoms with van der Waals surface area (Å²) in [5.41, 5.74) is 6.47. The summed E-state index contributed by atoms with van der Waals surface area (Å²) in [6.07, 6.45) is 0. The zero-order chi connectivity index (χ0) is 14.9. The van der Waals surface area contributed by atoms with Crippen LogP contribution in [0, 0.1) is 22.4 Å². The van der Waals surface area contributed by atoms with E-state index in [1.54, 1.807) is 14.0 Å². The highest BCUT2D eigenvalue weighted by molar-refractivity contribution is 5.98. The number of ether oxygens (including phenoxy) is 1. The van der Waals surface area contributed by atoms with Crippen LogP contribution in [0.4, 0.5) is 5.69 Å². The Morgan fingerprint density at radius 2 is 2.05 bits per heavy atom. The Kier molecular flexibility index (Phi) is 3.38. The zero-order valence-corrected chi connectivity index (χ0v) is 11.0. The standard InChI is InChI=1S/C12H13N5O3/c1-7-10(11(13)14)12(16(2)15-7)20-9-5-3-8(4-6-9)17(18)19/h3-6H,1-2H3,(H3,13,14). The molecule has 0 bridgehead atoms. The van der Waals surface area contributed by atoms with Gasteiger partial charge in [-0.3, -0.25) is 15.5 Å². The SMILES string of the molecule is Cc1nn(C)c(Oc2ccc([N+](=O)[O-])cc2)c1C(=N)N. The highest BCUT2D eigenvalue weighted by Crippen LogP contribution is 2.27. The maximum Gasteiger partial charge on any atom is 0.269 e. The lowest BCUT2D eigenvalue weighted by molar-refractivity contribution is -0.384. The first-order valence-corrected chi connectivity index (χ1v) is 5.70. The number of non-ortho nitro benzene ring substituents is 1. The lowest BCUT2D eigenvalue weighted by Gasteiger charge is -2.07. The first-order valence-electron chi connectivity index (χ1n) is 5.70. The number of aryl methyl sites for hydroxylation is 2. The summed E-state index contributed by atoms with van der Waals surface area (Å²) in [5, 5.41) is 22.3. The van der Waals surface area contributed by atoms with Crippen LogP contribution in [0.15, 0.2) is 24.3 Å². The van der Waals surface area contributed by atoms with Crippen molar-refractivity contribution < 1.29 is 9.66 Å². The third-order valence-corrected chi connectivity index (χ3v) is 2.70. The number of nitrogens with two attached hydrogens (primary N) is 1. The van der Waals surface area contributed by atoms with E-state index in [2.05, 4.69) is 5.10 Å². The Hall–Kier alpha value is -2.90. The monoisotopic (exact) mass is 275 g/mol. The average Bonchev–Trinajstić information content (AvgIpc) is 2.64. The summed E-state index contributed by atoms with van der Waals surface area (Å²) in [4.78, 5) is 10.1. The smallest absolute Gasteiger partial charge is 0.269 e. The van der Waals surface area contributed by atoms with Crippen molar-refractivity contribution in [3.63, 3.8) is 0 Å². The second-order valence-corrected chi connectivity index (χ2v) is 4.16. The minimum Gasteiger partial charge on any atom is -0.438 e. The molecule has 0 aliphatic rings. The van der Waals surface area contributed by atoms with Crippen molar-refractivity contribution in [2.45, 2.75) is 6.92 Å². The number of benzene rings is 1. The van der Waals surface area contributed by atoms with Gasteiger partial charge in [0.2, 0.25) is 5.88 Å². The highest BCUT2D eigenvalue weighted by atomic mass is 16.6. The maximum atomic E-state index is 10.6. The van der Waals surface area contributed by atoms with E-state index in [0.717, 1.165) is 0 Å². The van der Waals surface area contributed by atoms with Gasteiger partial charge in [0, 0.05) is 19.2 Å². The molecular weight excluding hydrogens is 262 g/mol. The molecule has 0 fully saturated rings. The first-order chi connectivity index (χ1) is 9.40. The fourth-order valence-electron chi connectivity index (χ4n) is 1.81. The number of amidine groups is 1. The number of rotatable bonds is 4. The Morgan fingerprint density at radius 1 is 1.45 bits per heavy atom. The molecule has 3 N–H and O–H groups in total. The van der Waals surface area contributed by atoms with Gasteiger partial charge in [-0.1, -0.05) is 0 Å². The van der Waals surface area contributed by atoms with Crippen LogP contribution in [-0.2, 0) is 7.05 Å². The molecule has 0 spiro atoms. The summed E-state index contributed by atoms with van der Waals surface area (Å²) in [6, 6.07) is 5.63. The molecule has 8 nitrogen and oxygen atoms in total. The molecule has 0 atom stereocenters. The number of hydrogen-bond acceptors (Lipinski definition) is 5. The van der Waals surface area contributed by atoms with Crippen LogP contribution in [0.5, 0.6) is 11.6 Å². The van der Waals surface area contributed by atoms with Crippen molar-refractivity contribution in [3.05, 3.63) is 45.6 Å². The summed E-state index contributed by atoms with van der Waals surface area (Å²) in [5.74, 6) is 0.581. The highest BCUT2D eigenvalue weighted by Gasteiger charge is 2.18. The van der Waals surface area contributed by atoms with E-state index < -0.39 is 4.92 Å². The average molecular weight is 275 g/mol. The second kappa shape index (κ2) is 5.00. The van der Waals surface area contributed by atoms with Gasteiger partial charge in [0.05, 0.1) is 10.6 Å². The Morgan fingerprint density at radius 3 is 2.55 bits per heavy atom. The van der Waals surface area contributed by atoms with Crippen molar-refractivity contribution >= 4 is 11.5 Å². The van der Waals surface area contributed by atoms with Crippen molar-refractivity contribution in [1.29, 1.82) is 5.41 Å². The van der Waals surface area contributed by atoms with Gasteiger partial charge >= 0.3 is 0 Å². The molecule has 0 aliphatic carbocycles. The third-order valence-electron chi connectivity index (χ3n) is 2.70. The Labute approximate surface area is 114 Å². The van der Waals surface area contributed by atoms with Gasteiger partial charge in [-0.2, -0.15) is 5.10 Å². The summed E-state index contributed by atoms with van der Waals surface area (Å²) >= 11 is 0. The molecular formula is C12H13N5O3. The van der Waals surface area contributed by atoms with E-state index in [-0.39, 0.29) is 11.5 Å². The molecule has 0 saturated carbocycles. The summed E-state index contributed by atoms with van der Waals surface area (Å²) in [6.45, 7) is 1.72. The van der Waals surface area contributed by atoms with E-state index in [9.17, 15) is 10.1 Å². The quantitative estimate of drug-likeness (QED) is 0.381. The second-order valence-electron chi connectivity index (χ2n) is 4.16. The molecule has 0 unspecified atom stereocenters. The van der Waals surface area contributed by atoms with E-state index >= 15 is 0 Å². The number of nitrogen functional groups attached to an aromatic ring is 1. The van der Waals surface area contributed by atoms with Gasteiger partial charge in [-0.15, -0.1) is 0 Å². The molecule has 104 valence electrons. The van der Waals surface area contributed by atoms with Crippen LogP contribution >= 0.6 is 0 Å². The van der Waals surface area contributed by atoms with Crippen LogP contribution < -0.4 is 10.5 Å². The minimum absolute atomic E-state index is 0.0228. The molecule has 0 saturated heterocycles. The molecule has 20 heavy (non-hydrogen) atoms. The fraction of sp³-hybridized carbons (Fsp3) is 0.167. The van der Waals surface area contributed by atoms with E-state index in [4.69, 9.17) is 15.9 Å². The number of nitro groups is 1. The largest absolute Gasteiger partial charge is 0.438 e. The first kappa shape index (κ1) is 13.5. The van der Waals surface area contributed by atoms with Gasteiger partial charge < -0.3 is 10.5 Å². The van der Waals surface area contributed by atoms with E-state index in [0.29, 0.717) is 22.9 Å². The third kappa shape index (κ3) is 2.44. The lowest BCUT2D eigenvalue weighted by atomic mass is 10.2. The van der Waals surface area contributed by atoms with E-state index in [1.807, 2.05) is 0 Å². The van der Waals surface area contributed by atoms with Crippen LogP contribution in [0.2, 0.25) is 0 Å². The molecule has 1 aromatic carbocycles. The summed E-state index contributed by atoms with van der Waals surface area (Å²) in [7, 11) is 1.67. The van der Waals surface area contributed by atoms with Crippen LogP contribution in [-0.4, -0.2) is 20.5 Å². The van der Waals surface area contributed by atoms with Gasteiger partial charge in [-0.05, 0) is 19.1 Å². The lowest BCUT2D eigenvalue weighted by Crippen LogP contribution is -2.13. The molecule has 2 rings (SSSR count). The molecule has 2 aromatic rings.